The lowest BCUT2D eigenvalue weighted by molar-refractivity contribution is -0.0271. The second-order valence-electron chi connectivity index (χ2n) is 5.54. The SMILES string of the molecule is ClCOC(C1CCCCC1)C1CCCCC1. The molecule has 2 aliphatic carbocycles. The van der Waals surface area contributed by atoms with Crippen LogP contribution in [-0.4, -0.2) is 12.2 Å². The largest absolute Gasteiger partial charge is 0.362 e. The maximum atomic E-state index is 5.89. The molecule has 2 fully saturated rings. The molecule has 0 aromatic heterocycles. The maximum Gasteiger partial charge on any atom is 0.121 e. The first-order valence-electron chi connectivity index (χ1n) is 7.09. The lowest BCUT2D eigenvalue weighted by Crippen LogP contribution is -2.34. The molecule has 0 spiro atoms. The van der Waals surface area contributed by atoms with E-state index in [1.165, 1.54) is 64.2 Å². The van der Waals surface area contributed by atoms with E-state index < -0.39 is 0 Å². The number of hydrogen-bond donors (Lipinski definition) is 0. The predicted molar refractivity (Wildman–Crippen MR) is 68.7 cm³/mol. The van der Waals surface area contributed by atoms with Gasteiger partial charge >= 0.3 is 0 Å². The minimum Gasteiger partial charge on any atom is -0.362 e. The van der Waals surface area contributed by atoms with Crippen LogP contribution in [0.1, 0.15) is 64.2 Å². The topological polar surface area (TPSA) is 9.23 Å². The molecule has 0 N–H and O–H groups in total. The van der Waals surface area contributed by atoms with Gasteiger partial charge in [-0.15, -0.1) is 0 Å². The van der Waals surface area contributed by atoms with Crippen LogP contribution >= 0.6 is 11.6 Å². The summed E-state index contributed by atoms with van der Waals surface area (Å²) in [6, 6.07) is 0.387. The lowest BCUT2D eigenvalue weighted by atomic mass is 9.75. The molecule has 16 heavy (non-hydrogen) atoms. The molecule has 0 radical (unpaired) electrons. The Kier molecular flexibility index (Phi) is 5.44. The van der Waals surface area contributed by atoms with Crippen LogP contribution in [0, 0.1) is 11.8 Å². The third-order valence-corrected chi connectivity index (χ3v) is 4.61. The van der Waals surface area contributed by atoms with Crippen molar-refractivity contribution in [2.45, 2.75) is 70.3 Å². The molecule has 1 nitrogen and oxygen atoms in total. The summed E-state index contributed by atoms with van der Waals surface area (Å²) in [6.07, 6.45) is 14.4. The molecule has 2 saturated carbocycles. The summed E-state index contributed by atoms with van der Waals surface area (Å²) in [5.74, 6) is 1.60. The van der Waals surface area contributed by atoms with Gasteiger partial charge in [0.2, 0.25) is 0 Å². The summed E-state index contributed by atoms with van der Waals surface area (Å²) < 4.78 is 5.89. The second kappa shape index (κ2) is 6.86. The Labute approximate surface area is 105 Å². The molecule has 0 heterocycles. The normalized spacial score (nSPS) is 25.1. The smallest absolute Gasteiger partial charge is 0.121 e. The Balaban J connectivity index is 1.91. The molecule has 0 aliphatic heterocycles. The van der Waals surface area contributed by atoms with Crippen molar-refractivity contribution in [3.8, 4) is 0 Å². The first-order chi connectivity index (χ1) is 7.92. The summed E-state index contributed by atoms with van der Waals surface area (Å²) >= 11 is 5.81. The van der Waals surface area contributed by atoms with Gasteiger partial charge in [0.05, 0.1) is 6.10 Å². The van der Waals surface area contributed by atoms with Crippen molar-refractivity contribution in [1.82, 2.24) is 0 Å². The van der Waals surface area contributed by atoms with Gasteiger partial charge in [-0.3, -0.25) is 0 Å². The van der Waals surface area contributed by atoms with Crippen LogP contribution in [0.3, 0.4) is 0 Å². The predicted octanol–water partition coefficient (Wildman–Crippen LogP) is 4.73. The van der Waals surface area contributed by atoms with Crippen LogP contribution in [0.2, 0.25) is 0 Å². The van der Waals surface area contributed by atoms with Crippen molar-refractivity contribution in [3.63, 3.8) is 0 Å². The molecule has 0 bridgehead atoms. The van der Waals surface area contributed by atoms with Crippen LogP contribution < -0.4 is 0 Å². The van der Waals surface area contributed by atoms with Crippen molar-refractivity contribution in [3.05, 3.63) is 0 Å². The third-order valence-electron chi connectivity index (χ3n) is 4.48. The van der Waals surface area contributed by atoms with Crippen LogP contribution in [0.15, 0.2) is 0 Å². The zero-order chi connectivity index (χ0) is 11.2. The van der Waals surface area contributed by atoms with E-state index in [-0.39, 0.29) is 0 Å². The fourth-order valence-electron chi connectivity index (χ4n) is 3.66. The van der Waals surface area contributed by atoms with Crippen molar-refractivity contribution in [2.75, 3.05) is 6.07 Å². The number of hydrogen-bond acceptors (Lipinski definition) is 1. The highest BCUT2D eigenvalue weighted by molar-refractivity contribution is 6.17. The summed E-state index contributed by atoms with van der Waals surface area (Å²) in [6.45, 7) is 0. The zero-order valence-corrected chi connectivity index (χ0v) is 11.1. The summed E-state index contributed by atoms with van der Waals surface area (Å²) in [7, 11) is 0. The Bertz CT molecular complexity index is 165. The van der Waals surface area contributed by atoms with Crippen LogP contribution in [0.4, 0.5) is 0 Å². The Morgan fingerprint density at radius 2 is 1.25 bits per heavy atom. The quantitative estimate of drug-likeness (QED) is 0.650. The Morgan fingerprint density at radius 3 is 1.62 bits per heavy atom. The van der Waals surface area contributed by atoms with Gasteiger partial charge in [-0.2, -0.15) is 0 Å². The van der Waals surface area contributed by atoms with E-state index >= 15 is 0 Å². The van der Waals surface area contributed by atoms with Crippen molar-refractivity contribution in [2.24, 2.45) is 11.8 Å². The molecule has 0 atom stereocenters. The zero-order valence-electron chi connectivity index (χ0n) is 10.3. The fourth-order valence-corrected chi connectivity index (χ4v) is 3.80. The van der Waals surface area contributed by atoms with Crippen LogP contribution in [0.5, 0.6) is 0 Å². The second-order valence-corrected chi connectivity index (χ2v) is 5.75. The number of rotatable bonds is 4. The maximum absolute atomic E-state index is 5.89. The summed E-state index contributed by atoms with van der Waals surface area (Å²) in [5.41, 5.74) is 0. The minimum absolute atomic E-state index is 0.387. The highest BCUT2D eigenvalue weighted by atomic mass is 35.5. The van der Waals surface area contributed by atoms with Crippen molar-refractivity contribution in [1.29, 1.82) is 0 Å². The van der Waals surface area contributed by atoms with Gasteiger partial charge in [-0.25, -0.2) is 0 Å². The van der Waals surface area contributed by atoms with Crippen LogP contribution in [-0.2, 0) is 4.74 Å². The van der Waals surface area contributed by atoms with Gasteiger partial charge in [0.1, 0.15) is 6.07 Å². The molecule has 2 rings (SSSR count). The first-order valence-corrected chi connectivity index (χ1v) is 7.63. The van der Waals surface area contributed by atoms with E-state index in [9.17, 15) is 0 Å². The number of halogens is 1. The van der Waals surface area contributed by atoms with Crippen molar-refractivity contribution < 1.29 is 4.74 Å². The van der Waals surface area contributed by atoms with Crippen LogP contribution in [0.25, 0.3) is 0 Å². The Hall–Kier alpha value is 0.250. The van der Waals surface area contributed by atoms with E-state index in [1.54, 1.807) is 0 Å². The molecule has 2 aliphatic rings. The molecular formula is C14H25ClO. The van der Waals surface area contributed by atoms with E-state index in [0.29, 0.717) is 12.2 Å². The minimum atomic E-state index is 0.387. The summed E-state index contributed by atoms with van der Waals surface area (Å²) in [4.78, 5) is 0. The molecular weight excluding hydrogens is 220 g/mol. The van der Waals surface area contributed by atoms with Gasteiger partial charge in [-0.1, -0.05) is 50.1 Å². The first kappa shape index (κ1) is 12.7. The van der Waals surface area contributed by atoms with E-state index in [1.807, 2.05) is 0 Å². The molecule has 0 aromatic rings. The molecule has 0 unspecified atom stereocenters. The highest BCUT2D eigenvalue weighted by Gasteiger charge is 2.31. The molecule has 0 amide bonds. The molecule has 2 heteroatoms. The van der Waals surface area contributed by atoms with Gasteiger partial charge in [0.25, 0.3) is 0 Å². The van der Waals surface area contributed by atoms with E-state index in [0.717, 1.165) is 11.8 Å². The standard InChI is InChI=1S/C14H25ClO/c15-11-16-14(12-7-3-1-4-8-12)13-9-5-2-6-10-13/h12-14H,1-11H2. The average Bonchev–Trinajstić information content (AvgIpc) is 2.38. The fraction of sp³-hybridized carbons (Fsp3) is 1.00. The average molecular weight is 245 g/mol. The van der Waals surface area contributed by atoms with Gasteiger partial charge in [-0.05, 0) is 37.5 Å². The van der Waals surface area contributed by atoms with Gasteiger partial charge in [0, 0.05) is 0 Å². The lowest BCUT2D eigenvalue weighted by Gasteiger charge is -2.37. The highest BCUT2D eigenvalue weighted by Crippen LogP contribution is 2.37. The Morgan fingerprint density at radius 1 is 0.812 bits per heavy atom. The monoisotopic (exact) mass is 244 g/mol. The third kappa shape index (κ3) is 3.37. The van der Waals surface area contributed by atoms with Gasteiger partial charge in [0.15, 0.2) is 0 Å². The molecule has 0 aromatic carbocycles. The van der Waals surface area contributed by atoms with E-state index in [2.05, 4.69) is 0 Å². The summed E-state index contributed by atoms with van der Waals surface area (Å²) in [5, 5.41) is 0. The molecule has 94 valence electrons. The van der Waals surface area contributed by atoms with Crippen molar-refractivity contribution >= 4 is 11.6 Å². The molecule has 0 saturated heterocycles. The number of alkyl halides is 1. The van der Waals surface area contributed by atoms with E-state index in [4.69, 9.17) is 16.3 Å². The number of ether oxygens (including phenoxy) is 1. The van der Waals surface area contributed by atoms with Gasteiger partial charge < -0.3 is 4.74 Å².